The number of carboxylic acids is 1. The fourth-order valence-electron chi connectivity index (χ4n) is 2.42. The topological polar surface area (TPSA) is 57.6 Å². The fraction of sp³-hybridized carbons (Fsp3) is 0.200. The van der Waals surface area contributed by atoms with Crippen molar-refractivity contribution in [3.05, 3.63) is 57.0 Å². The van der Waals surface area contributed by atoms with Crippen LogP contribution in [0.25, 0.3) is 0 Å². The molecular formula is C15H12FNO3S. The highest BCUT2D eigenvalue weighted by Crippen LogP contribution is 2.28. The molecular weight excluding hydrogens is 293 g/mol. The van der Waals surface area contributed by atoms with Crippen molar-refractivity contribution < 1.29 is 19.1 Å². The van der Waals surface area contributed by atoms with Gasteiger partial charge in [0.05, 0.1) is 0 Å². The summed E-state index contributed by atoms with van der Waals surface area (Å²) < 4.78 is 13.2. The Morgan fingerprint density at radius 3 is 2.81 bits per heavy atom. The molecule has 2 aromatic rings. The number of fused-ring (bicyclic) bond motifs is 1. The maximum atomic E-state index is 13.2. The van der Waals surface area contributed by atoms with Crippen LogP contribution < -0.4 is 0 Å². The highest BCUT2D eigenvalue weighted by atomic mass is 32.1. The Balaban J connectivity index is 1.82. The van der Waals surface area contributed by atoms with Crippen molar-refractivity contribution in [2.24, 2.45) is 0 Å². The van der Waals surface area contributed by atoms with Gasteiger partial charge in [-0.15, -0.1) is 11.3 Å². The second-order valence-corrected chi connectivity index (χ2v) is 5.99. The SMILES string of the molecule is O=C(O)c1cc2c(s1)CCN(C(=O)c1cccc(F)c1)C2. The molecule has 0 fully saturated rings. The molecule has 108 valence electrons. The van der Waals surface area contributed by atoms with Gasteiger partial charge in [-0.2, -0.15) is 0 Å². The van der Waals surface area contributed by atoms with Crippen molar-refractivity contribution in [1.82, 2.24) is 4.90 Å². The summed E-state index contributed by atoms with van der Waals surface area (Å²) in [5, 5.41) is 9.01. The molecule has 0 bridgehead atoms. The van der Waals surface area contributed by atoms with E-state index in [1.54, 1.807) is 17.0 Å². The molecule has 0 saturated carbocycles. The largest absolute Gasteiger partial charge is 0.477 e. The molecule has 0 unspecified atom stereocenters. The van der Waals surface area contributed by atoms with Gasteiger partial charge in [0.25, 0.3) is 5.91 Å². The lowest BCUT2D eigenvalue weighted by molar-refractivity contribution is 0.0701. The van der Waals surface area contributed by atoms with Crippen molar-refractivity contribution in [3.63, 3.8) is 0 Å². The van der Waals surface area contributed by atoms with Gasteiger partial charge >= 0.3 is 5.97 Å². The highest BCUT2D eigenvalue weighted by Gasteiger charge is 2.25. The number of nitrogens with zero attached hydrogens (tertiary/aromatic N) is 1. The van der Waals surface area contributed by atoms with Crippen LogP contribution in [0.2, 0.25) is 0 Å². The third kappa shape index (κ3) is 2.67. The number of rotatable bonds is 2. The van der Waals surface area contributed by atoms with Gasteiger partial charge in [-0.1, -0.05) is 6.07 Å². The predicted molar refractivity (Wildman–Crippen MR) is 76.1 cm³/mol. The summed E-state index contributed by atoms with van der Waals surface area (Å²) >= 11 is 1.26. The van der Waals surface area contributed by atoms with E-state index in [1.165, 1.54) is 29.5 Å². The number of carbonyl (C=O) groups excluding carboxylic acids is 1. The molecule has 0 atom stereocenters. The molecule has 0 aliphatic carbocycles. The predicted octanol–water partition coefficient (Wildman–Crippen LogP) is 2.78. The molecule has 1 aromatic carbocycles. The quantitative estimate of drug-likeness (QED) is 0.928. The van der Waals surface area contributed by atoms with E-state index in [9.17, 15) is 14.0 Å². The number of thiophene rings is 1. The first-order chi connectivity index (χ1) is 10.0. The van der Waals surface area contributed by atoms with Crippen LogP contribution in [0.3, 0.4) is 0 Å². The Bertz CT molecular complexity index is 725. The zero-order valence-electron chi connectivity index (χ0n) is 11.0. The Labute approximate surface area is 124 Å². The first kappa shape index (κ1) is 13.8. The number of halogens is 1. The zero-order chi connectivity index (χ0) is 15.0. The standard InChI is InChI=1S/C15H12FNO3S/c16-11-3-1-2-9(6-11)14(18)17-5-4-12-10(8-17)7-13(21-12)15(19)20/h1-3,6-7H,4-5,8H2,(H,19,20). The van der Waals surface area contributed by atoms with Gasteiger partial charge in [-0.05, 0) is 36.2 Å². The fourth-order valence-corrected chi connectivity index (χ4v) is 3.42. The zero-order valence-corrected chi connectivity index (χ0v) is 11.8. The van der Waals surface area contributed by atoms with Crippen LogP contribution in [-0.4, -0.2) is 28.4 Å². The molecule has 1 amide bonds. The average Bonchev–Trinajstić information content (AvgIpc) is 2.89. The molecule has 1 N–H and O–H groups in total. The van der Waals surface area contributed by atoms with Crippen LogP contribution in [0.15, 0.2) is 30.3 Å². The number of carbonyl (C=O) groups is 2. The lowest BCUT2D eigenvalue weighted by Crippen LogP contribution is -2.35. The van der Waals surface area contributed by atoms with E-state index in [0.29, 0.717) is 30.0 Å². The van der Waals surface area contributed by atoms with Gasteiger partial charge in [0.15, 0.2) is 0 Å². The van der Waals surface area contributed by atoms with E-state index >= 15 is 0 Å². The Morgan fingerprint density at radius 1 is 1.29 bits per heavy atom. The normalized spacial score (nSPS) is 13.9. The molecule has 4 nitrogen and oxygen atoms in total. The van der Waals surface area contributed by atoms with Crippen LogP contribution in [0.4, 0.5) is 4.39 Å². The second-order valence-electron chi connectivity index (χ2n) is 4.85. The molecule has 21 heavy (non-hydrogen) atoms. The average molecular weight is 305 g/mol. The van der Waals surface area contributed by atoms with Crippen LogP contribution in [0.1, 0.15) is 30.5 Å². The molecule has 1 aromatic heterocycles. The monoisotopic (exact) mass is 305 g/mol. The first-order valence-electron chi connectivity index (χ1n) is 6.44. The van der Waals surface area contributed by atoms with E-state index in [2.05, 4.69) is 0 Å². The minimum Gasteiger partial charge on any atom is -0.477 e. The molecule has 6 heteroatoms. The van der Waals surface area contributed by atoms with Crippen molar-refractivity contribution in [2.45, 2.75) is 13.0 Å². The van der Waals surface area contributed by atoms with E-state index < -0.39 is 11.8 Å². The molecule has 0 spiro atoms. The number of hydrogen-bond donors (Lipinski definition) is 1. The van der Waals surface area contributed by atoms with Gasteiger partial charge in [0, 0.05) is 23.5 Å². The number of hydrogen-bond acceptors (Lipinski definition) is 3. The summed E-state index contributed by atoms with van der Waals surface area (Å²) in [4.78, 5) is 26.3. The second kappa shape index (κ2) is 5.29. The van der Waals surface area contributed by atoms with Crippen LogP contribution in [0, 0.1) is 5.82 Å². The lowest BCUT2D eigenvalue weighted by atomic mass is 10.1. The number of amides is 1. The van der Waals surface area contributed by atoms with E-state index in [1.807, 2.05) is 0 Å². The minimum absolute atomic E-state index is 0.233. The van der Waals surface area contributed by atoms with Gasteiger partial charge in [-0.25, -0.2) is 9.18 Å². The lowest BCUT2D eigenvalue weighted by Gasteiger charge is -2.27. The third-order valence-electron chi connectivity index (χ3n) is 3.44. The third-order valence-corrected chi connectivity index (χ3v) is 4.66. The summed E-state index contributed by atoms with van der Waals surface area (Å²) in [6.07, 6.45) is 0.633. The van der Waals surface area contributed by atoms with Crippen molar-refractivity contribution in [3.8, 4) is 0 Å². The molecule has 0 radical (unpaired) electrons. The van der Waals surface area contributed by atoms with Gasteiger partial charge < -0.3 is 10.0 Å². The molecule has 1 aliphatic rings. The minimum atomic E-state index is -0.947. The van der Waals surface area contributed by atoms with Crippen molar-refractivity contribution >= 4 is 23.2 Å². The van der Waals surface area contributed by atoms with Crippen LogP contribution in [0.5, 0.6) is 0 Å². The molecule has 3 rings (SSSR count). The number of aromatic carboxylic acids is 1. The van der Waals surface area contributed by atoms with Crippen LogP contribution in [-0.2, 0) is 13.0 Å². The smallest absolute Gasteiger partial charge is 0.345 e. The van der Waals surface area contributed by atoms with E-state index in [4.69, 9.17) is 5.11 Å². The highest BCUT2D eigenvalue weighted by molar-refractivity contribution is 7.14. The summed E-state index contributed by atoms with van der Waals surface area (Å²) in [5.74, 6) is -1.62. The van der Waals surface area contributed by atoms with Gasteiger partial charge in [-0.3, -0.25) is 4.79 Å². The number of benzene rings is 1. The summed E-state index contributed by atoms with van der Waals surface area (Å²) in [6, 6.07) is 7.22. The van der Waals surface area contributed by atoms with Gasteiger partial charge in [0.2, 0.25) is 0 Å². The molecule has 1 aliphatic heterocycles. The van der Waals surface area contributed by atoms with E-state index in [-0.39, 0.29) is 5.91 Å². The van der Waals surface area contributed by atoms with Gasteiger partial charge in [0.1, 0.15) is 10.7 Å². The van der Waals surface area contributed by atoms with E-state index in [0.717, 1.165) is 10.4 Å². The molecule has 0 saturated heterocycles. The Morgan fingerprint density at radius 2 is 2.10 bits per heavy atom. The Kier molecular flexibility index (Phi) is 3.47. The molecule has 2 heterocycles. The summed E-state index contributed by atoms with van der Waals surface area (Å²) in [7, 11) is 0. The van der Waals surface area contributed by atoms with Crippen molar-refractivity contribution in [2.75, 3.05) is 6.54 Å². The number of carboxylic acid groups (broad SMARTS) is 1. The van der Waals surface area contributed by atoms with Crippen molar-refractivity contribution in [1.29, 1.82) is 0 Å². The summed E-state index contributed by atoms with van der Waals surface area (Å²) in [5.41, 5.74) is 1.18. The van der Waals surface area contributed by atoms with Crippen LogP contribution >= 0.6 is 11.3 Å². The maximum Gasteiger partial charge on any atom is 0.345 e. The summed E-state index contributed by atoms with van der Waals surface area (Å²) in [6.45, 7) is 0.885. The Hall–Kier alpha value is -2.21. The first-order valence-corrected chi connectivity index (χ1v) is 7.26. The maximum absolute atomic E-state index is 13.2.